The maximum absolute atomic E-state index is 4.17. The van der Waals surface area contributed by atoms with Crippen LogP contribution in [-0.2, 0) is 6.54 Å². The first-order valence-corrected chi connectivity index (χ1v) is 6.46. The van der Waals surface area contributed by atoms with E-state index in [-0.39, 0.29) is 0 Å². The molecule has 3 rings (SSSR count). The van der Waals surface area contributed by atoms with Crippen LogP contribution in [0.4, 0.5) is 0 Å². The van der Waals surface area contributed by atoms with Crippen molar-refractivity contribution >= 4 is 11.6 Å². The summed E-state index contributed by atoms with van der Waals surface area (Å²) < 4.78 is 1.92. The van der Waals surface area contributed by atoms with Crippen molar-refractivity contribution in [2.75, 3.05) is 0 Å². The molecule has 0 N–H and O–H groups in total. The molecule has 4 heteroatoms. The maximum Gasteiger partial charge on any atom is 0.177 e. The van der Waals surface area contributed by atoms with Crippen LogP contribution in [0.25, 0.3) is 11.6 Å². The highest BCUT2D eigenvalue weighted by molar-refractivity contribution is 5.78. The lowest BCUT2D eigenvalue weighted by Gasteiger charge is -2.12. The number of hydrogen-bond acceptors (Lipinski definition) is 3. The summed E-state index contributed by atoms with van der Waals surface area (Å²) in [6.07, 6.45) is 6.87. The normalized spacial score (nSPS) is 18.1. The van der Waals surface area contributed by atoms with Gasteiger partial charge in [0.2, 0.25) is 0 Å². The largest absolute Gasteiger partial charge is 0.226 e. The molecule has 0 spiro atoms. The van der Waals surface area contributed by atoms with E-state index in [2.05, 4.69) is 45.9 Å². The number of fused-ring (bicyclic) bond motifs is 1. The monoisotopic (exact) mass is 240 g/mol. The molecule has 0 saturated heterocycles. The molecule has 0 aliphatic carbocycles. The fourth-order valence-corrected chi connectivity index (χ4v) is 2.34. The first-order valence-electron chi connectivity index (χ1n) is 6.46. The Labute approximate surface area is 106 Å². The van der Waals surface area contributed by atoms with Crippen LogP contribution in [0.5, 0.6) is 0 Å². The fraction of sp³-hybridized carbons (Fsp3) is 0.357. The third-order valence-electron chi connectivity index (χ3n) is 3.28. The molecule has 1 aliphatic rings. The highest BCUT2D eigenvalue weighted by Gasteiger charge is 2.14. The number of nitrogens with zero attached hydrogens (tertiary/aromatic N) is 4. The van der Waals surface area contributed by atoms with Crippen LogP contribution < -0.4 is 0 Å². The number of rotatable bonds is 1. The zero-order valence-electron chi connectivity index (χ0n) is 10.3. The van der Waals surface area contributed by atoms with Gasteiger partial charge in [0.25, 0.3) is 0 Å². The molecule has 0 unspecified atom stereocenters. The highest BCUT2D eigenvalue weighted by atomic mass is 15.5. The minimum absolute atomic E-state index is 0.925. The minimum atomic E-state index is 0.925. The molecule has 0 atom stereocenters. The lowest BCUT2D eigenvalue weighted by molar-refractivity contribution is 0.516. The summed E-state index contributed by atoms with van der Waals surface area (Å²) in [5.74, 6) is 0.929. The summed E-state index contributed by atoms with van der Waals surface area (Å²) in [6.45, 7) is 0.925. The molecule has 2 heterocycles. The molecule has 0 saturated carbocycles. The van der Waals surface area contributed by atoms with E-state index in [1.54, 1.807) is 0 Å². The summed E-state index contributed by atoms with van der Waals surface area (Å²) in [5, 5.41) is 12.0. The van der Waals surface area contributed by atoms with Crippen LogP contribution in [0.15, 0.2) is 30.3 Å². The Hall–Kier alpha value is -1.97. The zero-order valence-corrected chi connectivity index (χ0v) is 10.3. The van der Waals surface area contributed by atoms with Crippen molar-refractivity contribution in [3.8, 4) is 0 Å². The van der Waals surface area contributed by atoms with E-state index in [0.29, 0.717) is 0 Å². The van der Waals surface area contributed by atoms with Crippen molar-refractivity contribution in [1.82, 2.24) is 20.2 Å². The average Bonchev–Trinajstić information content (AvgIpc) is 2.83. The van der Waals surface area contributed by atoms with Gasteiger partial charge in [-0.25, -0.2) is 4.68 Å². The van der Waals surface area contributed by atoms with Gasteiger partial charge in [0, 0.05) is 6.54 Å². The third-order valence-corrected chi connectivity index (χ3v) is 3.28. The molecule has 0 radical (unpaired) electrons. The molecule has 2 aromatic rings. The van der Waals surface area contributed by atoms with Crippen LogP contribution >= 0.6 is 0 Å². The van der Waals surface area contributed by atoms with Crippen LogP contribution in [0.3, 0.4) is 0 Å². The van der Waals surface area contributed by atoms with Gasteiger partial charge >= 0.3 is 0 Å². The van der Waals surface area contributed by atoms with Crippen molar-refractivity contribution in [2.24, 2.45) is 0 Å². The molecular formula is C14H16N4. The number of aryl methyl sites for hydroxylation is 1. The minimum Gasteiger partial charge on any atom is -0.226 e. The Morgan fingerprint density at radius 1 is 1.06 bits per heavy atom. The molecule has 0 amide bonds. The average molecular weight is 240 g/mol. The Bertz CT molecular complexity index is 542. The van der Waals surface area contributed by atoms with Crippen LogP contribution in [-0.4, -0.2) is 20.2 Å². The molecule has 0 bridgehead atoms. The number of benzene rings is 1. The summed E-state index contributed by atoms with van der Waals surface area (Å²) in [5.41, 5.74) is 2.45. The Morgan fingerprint density at radius 3 is 2.83 bits per heavy atom. The summed E-state index contributed by atoms with van der Waals surface area (Å²) in [4.78, 5) is 0. The lowest BCUT2D eigenvalue weighted by Crippen LogP contribution is -2.08. The predicted molar refractivity (Wildman–Crippen MR) is 70.6 cm³/mol. The van der Waals surface area contributed by atoms with E-state index >= 15 is 0 Å². The first-order chi connectivity index (χ1) is 8.93. The van der Waals surface area contributed by atoms with Crippen LogP contribution in [0, 0.1) is 0 Å². The van der Waals surface area contributed by atoms with Gasteiger partial charge in [0.05, 0.1) is 0 Å². The van der Waals surface area contributed by atoms with Gasteiger partial charge in [-0.3, -0.25) is 0 Å². The van der Waals surface area contributed by atoms with Gasteiger partial charge in [-0.2, -0.15) is 0 Å². The molecule has 1 aliphatic heterocycles. The van der Waals surface area contributed by atoms with Crippen molar-refractivity contribution in [1.29, 1.82) is 0 Å². The Morgan fingerprint density at radius 2 is 1.94 bits per heavy atom. The third kappa shape index (κ3) is 2.32. The number of tetrazole rings is 1. The first kappa shape index (κ1) is 11.1. The second-order valence-electron chi connectivity index (χ2n) is 4.62. The van der Waals surface area contributed by atoms with Crippen molar-refractivity contribution < 1.29 is 0 Å². The molecule has 0 fully saturated rings. The van der Waals surface area contributed by atoms with Crippen LogP contribution in [0.2, 0.25) is 0 Å². The quantitative estimate of drug-likeness (QED) is 0.769. The molecule has 1 aromatic carbocycles. The van der Waals surface area contributed by atoms with Crippen LogP contribution in [0.1, 0.15) is 37.1 Å². The second kappa shape index (κ2) is 5.12. The van der Waals surface area contributed by atoms with E-state index in [0.717, 1.165) is 25.2 Å². The highest BCUT2D eigenvalue weighted by Crippen LogP contribution is 2.24. The standard InChI is InChI=1S/C14H16N4/c1-3-7-12(8-4-1)11-13-9-5-2-6-10-18-14(13)15-16-17-18/h1,3-4,7-8,11H,2,5-6,9-10H2. The van der Waals surface area contributed by atoms with Crippen molar-refractivity contribution in [3.05, 3.63) is 41.7 Å². The lowest BCUT2D eigenvalue weighted by atomic mass is 10.0. The van der Waals surface area contributed by atoms with Gasteiger partial charge in [0.1, 0.15) is 0 Å². The number of aromatic nitrogens is 4. The smallest absolute Gasteiger partial charge is 0.177 e. The summed E-state index contributed by atoms with van der Waals surface area (Å²) >= 11 is 0. The number of allylic oxidation sites excluding steroid dienone is 1. The Balaban J connectivity index is 1.99. The summed E-state index contributed by atoms with van der Waals surface area (Å²) in [6, 6.07) is 10.4. The van der Waals surface area contributed by atoms with E-state index in [1.165, 1.54) is 24.0 Å². The molecule has 18 heavy (non-hydrogen) atoms. The molecular weight excluding hydrogens is 224 g/mol. The van der Waals surface area contributed by atoms with Gasteiger partial charge in [-0.1, -0.05) is 36.8 Å². The van der Waals surface area contributed by atoms with E-state index in [9.17, 15) is 0 Å². The Kier molecular flexibility index (Phi) is 3.17. The topological polar surface area (TPSA) is 43.6 Å². The van der Waals surface area contributed by atoms with E-state index in [1.807, 2.05) is 10.7 Å². The van der Waals surface area contributed by atoms with E-state index < -0.39 is 0 Å². The number of hydrogen-bond donors (Lipinski definition) is 0. The van der Waals surface area contributed by atoms with Gasteiger partial charge < -0.3 is 0 Å². The van der Waals surface area contributed by atoms with Crippen molar-refractivity contribution in [3.63, 3.8) is 0 Å². The second-order valence-corrected chi connectivity index (χ2v) is 4.62. The van der Waals surface area contributed by atoms with Gasteiger partial charge in [-0.15, -0.1) is 5.10 Å². The van der Waals surface area contributed by atoms with Gasteiger partial charge in [-0.05, 0) is 46.9 Å². The molecule has 92 valence electrons. The van der Waals surface area contributed by atoms with Crippen molar-refractivity contribution in [2.45, 2.75) is 32.2 Å². The maximum atomic E-state index is 4.17. The SMILES string of the molecule is C(=C1CCCCCn2nnnc21)c1ccccc1. The fourth-order valence-electron chi connectivity index (χ4n) is 2.34. The van der Waals surface area contributed by atoms with E-state index in [4.69, 9.17) is 0 Å². The van der Waals surface area contributed by atoms with Gasteiger partial charge in [0.15, 0.2) is 5.82 Å². The zero-order chi connectivity index (χ0) is 12.2. The summed E-state index contributed by atoms with van der Waals surface area (Å²) in [7, 11) is 0. The predicted octanol–water partition coefficient (Wildman–Crippen LogP) is 2.79. The molecule has 1 aromatic heterocycles. The molecule has 4 nitrogen and oxygen atoms in total.